The minimum absolute atomic E-state index is 0.0362. The number of aryl methyl sites for hydroxylation is 1. The molecule has 22 heavy (non-hydrogen) atoms. The average molecular weight is 303 g/mol. The van der Waals surface area contributed by atoms with Gasteiger partial charge in [0, 0.05) is 38.7 Å². The zero-order chi connectivity index (χ0) is 16.1. The Labute approximate surface area is 129 Å². The van der Waals surface area contributed by atoms with Gasteiger partial charge in [-0.2, -0.15) is 0 Å². The molecule has 1 saturated heterocycles. The van der Waals surface area contributed by atoms with E-state index in [0.717, 1.165) is 11.3 Å². The van der Waals surface area contributed by atoms with Crippen LogP contribution < -0.4 is 15.5 Å². The van der Waals surface area contributed by atoms with Gasteiger partial charge in [0.25, 0.3) is 0 Å². The number of amides is 3. The topological polar surface area (TPSA) is 78.5 Å². The van der Waals surface area contributed by atoms with Crippen LogP contribution in [0.2, 0.25) is 0 Å². The van der Waals surface area contributed by atoms with Crippen molar-refractivity contribution in [2.45, 2.75) is 20.3 Å². The van der Waals surface area contributed by atoms with Crippen LogP contribution in [0, 0.1) is 12.8 Å². The lowest BCUT2D eigenvalue weighted by molar-refractivity contribution is -0.126. The van der Waals surface area contributed by atoms with E-state index in [-0.39, 0.29) is 30.1 Å². The maximum absolute atomic E-state index is 12.1. The van der Waals surface area contributed by atoms with Gasteiger partial charge in [-0.3, -0.25) is 14.4 Å². The summed E-state index contributed by atoms with van der Waals surface area (Å²) in [6.45, 7) is 4.57. The van der Waals surface area contributed by atoms with Crippen molar-refractivity contribution in [3.8, 4) is 0 Å². The monoisotopic (exact) mass is 303 g/mol. The molecule has 1 fully saturated rings. The smallest absolute Gasteiger partial charge is 0.227 e. The van der Waals surface area contributed by atoms with Gasteiger partial charge < -0.3 is 15.5 Å². The highest BCUT2D eigenvalue weighted by molar-refractivity contribution is 6.00. The number of anilines is 1. The second kappa shape index (κ2) is 7.06. The molecule has 2 rings (SSSR count). The summed E-state index contributed by atoms with van der Waals surface area (Å²) in [4.78, 5) is 36.5. The summed E-state index contributed by atoms with van der Waals surface area (Å²) in [6.07, 6.45) is 0.222. The average Bonchev–Trinajstić information content (AvgIpc) is 2.86. The summed E-state index contributed by atoms with van der Waals surface area (Å²) in [5, 5.41) is 5.36. The SMILES string of the molecule is CC(=O)NCCNC(=O)C1CC(=O)N(c2ccc(C)cc2)C1. The first-order chi connectivity index (χ1) is 10.5. The molecule has 0 aliphatic carbocycles. The van der Waals surface area contributed by atoms with Crippen molar-refractivity contribution in [3.63, 3.8) is 0 Å². The molecule has 118 valence electrons. The van der Waals surface area contributed by atoms with E-state index in [0.29, 0.717) is 19.6 Å². The van der Waals surface area contributed by atoms with E-state index in [2.05, 4.69) is 10.6 Å². The Morgan fingerprint density at radius 1 is 1.18 bits per heavy atom. The van der Waals surface area contributed by atoms with Crippen LogP contribution in [0.3, 0.4) is 0 Å². The van der Waals surface area contributed by atoms with E-state index in [4.69, 9.17) is 0 Å². The molecule has 1 unspecified atom stereocenters. The fraction of sp³-hybridized carbons (Fsp3) is 0.438. The molecular formula is C16H21N3O3. The van der Waals surface area contributed by atoms with Crippen LogP contribution in [0.25, 0.3) is 0 Å². The Balaban J connectivity index is 1.87. The van der Waals surface area contributed by atoms with E-state index in [1.165, 1.54) is 6.92 Å². The number of hydrogen-bond donors (Lipinski definition) is 2. The molecule has 1 aromatic carbocycles. The number of nitrogens with one attached hydrogen (secondary N) is 2. The maximum Gasteiger partial charge on any atom is 0.227 e. The normalized spacial score (nSPS) is 17.5. The molecular weight excluding hydrogens is 282 g/mol. The molecule has 1 atom stereocenters. The summed E-state index contributed by atoms with van der Waals surface area (Å²) in [6, 6.07) is 7.68. The molecule has 1 aromatic rings. The third-order valence-corrected chi connectivity index (χ3v) is 3.64. The number of rotatable bonds is 5. The Bertz CT molecular complexity index is 569. The number of benzene rings is 1. The second-order valence-corrected chi connectivity index (χ2v) is 5.51. The minimum Gasteiger partial charge on any atom is -0.355 e. The molecule has 0 bridgehead atoms. The van der Waals surface area contributed by atoms with Crippen molar-refractivity contribution < 1.29 is 14.4 Å². The first kappa shape index (κ1) is 16.0. The maximum atomic E-state index is 12.1. The van der Waals surface area contributed by atoms with Crippen molar-refractivity contribution >= 4 is 23.4 Å². The highest BCUT2D eigenvalue weighted by Gasteiger charge is 2.34. The summed E-state index contributed by atoms with van der Waals surface area (Å²) in [5.74, 6) is -0.652. The van der Waals surface area contributed by atoms with Gasteiger partial charge in [0.1, 0.15) is 0 Å². The van der Waals surface area contributed by atoms with Crippen molar-refractivity contribution in [1.82, 2.24) is 10.6 Å². The molecule has 0 radical (unpaired) electrons. The second-order valence-electron chi connectivity index (χ2n) is 5.51. The predicted molar refractivity (Wildman–Crippen MR) is 83.3 cm³/mol. The number of hydrogen-bond acceptors (Lipinski definition) is 3. The van der Waals surface area contributed by atoms with Crippen LogP contribution in [0.1, 0.15) is 18.9 Å². The van der Waals surface area contributed by atoms with Gasteiger partial charge in [-0.1, -0.05) is 17.7 Å². The first-order valence-corrected chi connectivity index (χ1v) is 7.36. The van der Waals surface area contributed by atoms with Crippen LogP contribution in [-0.2, 0) is 14.4 Å². The van der Waals surface area contributed by atoms with Gasteiger partial charge in [0.2, 0.25) is 17.7 Å². The Morgan fingerprint density at radius 3 is 2.45 bits per heavy atom. The van der Waals surface area contributed by atoms with Gasteiger partial charge in [0.15, 0.2) is 0 Å². The predicted octanol–water partition coefficient (Wildman–Crippen LogP) is 0.600. The number of carbonyl (C=O) groups is 3. The Morgan fingerprint density at radius 2 is 1.82 bits per heavy atom. The van der Waals surface area contributed by atoms with E-state index in [1.54, 1.807) is 4.90 Å². The van der Waals surface area contributed by atoms with Crippen molar-refractivity contribution in [1.29, 1.82) is 0 Å². The van der Waals surface area contributed by atoms with Gasteiger partial charge in [-0.15, -0.1) is 0 Å². The fourth-order valence-corrected chi connectivity index (χ4v) is 2.43. The van der Waals surface area contributed by atoms with Gasteiger partial charge in [0.05, 0.1) is 5.92 Å². The fourth-order valence-electron chi connectivity index (χ4n) is 2.43. The van der Waals surface area contributed by atoms with Crippen LogP contribution in [0.5, 0.6) is 0 Å². The third-order valence-electron chi connectivity index (χ3n) is 3.64. The summed E-state index contributed by atoms with van der Waals surface area (Å²) in [7, 11) is 0. The molecule has 0 spiro atoms. The van der Waals surface area contributed by atoms with E-state index in [9.17, 15) is 14.4 Å². The minimum atomic E-state index is -0.342. The van der Waals surface area contributed by atoms with Crippen LogP contribution in [-0.4, -0.2) is 37.4 Å². The standard InChI is InChI=1S/C16H21N3O3/c1-11-3-5-14(6-4-11)19-10-13(9-15(19)21)16(22)18-8-7-17-12(2)20/h3-6,13H,7-10H2,1-2H3,(H,17,20)(H,18,22). The van der Waals surface area contributed by atoms with Gasteiger partial charge in [-0.05, 0) is 19.1 Å². The zero-order valence-corrected chi connectivity index (χ0v) is 12.9. The molecule has 2 N–H and O–H groups in total. The van der Waals surface area contributed by atoms with Crippen molar-refractivity contribution in [3.05, 3.63) is 29.8 Å². The number of carbonyl (C=O) groups excluding carboxylic acids is 3. The Hall–Kier alpha value is -2.37. The Kier molecular flexibility index (Phi) is 5.14. The van der Waals surface area contributed by atoms with Crippen LogP contribution in [0.15, 0.2) is 24.3 Å². The van der Waals surface area contributed by atoms with Crippen LogP contribution in [0.4, 0.5) is 5.69 Å². The summed E-state index contributed by atoms with van der Waals surface area (Å²) < 4.78 is 0. The van der Waals surface area contributed by atoms with E-state index >= 15 is 0 Å². The first-order valence-electron chi connectivity index (χ1n) is 7.36. The molecule has 6 heteroatoms. The largest absolute Gasteiger partial charge is 0.355 e. The van der Waals surface area contributed by atoms with E-state index in [1.807, 2.05) is 31.2 Å². The molecule has 1 heterocycles. The van der Waals surface area contributed by atoms with Crippen molar-refractivity contribution in [2.24, 2.45) is 5.92 Å². The molecule has 1 aliphatic rings. The highest BCUT2D eigenvalue weighted by atomic mass is 16.2. The lowest BCUT2D eigenvalue weighted by atomic mass is 10.1. The molecule has 1 aliphatic heterocycles. The lowest BCUT2D eigenvalue weighted by Crippen LogP contribution is -2.37. The van der Waals surface area contributed by atoms with Crippen molar-refractivity contribution in [2.75, 3.05) is 24.5 Å². The third kappa shape index (κ3) is 4.07. The molecule has 0 aromatic heterocycles. The van der Waals surface area contributed by atoms with Gasteiger partial charge >= 0.3 is 0 Å². The summed E-state index contributed by atoms with van der Waals surface area (Å²) in [5.41, 5.74) is 1.95. The summed E-state index contributed by atoms with van der Waals surface area (Å²) >= 11 is 0. The lowest BCUT2D eigenvalue weighted by Gasteiger charge is -2.17. The molecule has 6 nitrogen and oxygen atoms in total. The van der Waals surface area contributed by atoms with Crippen LogP contribution >= 0.6 is 0 Å². The van der Waals surface area contributed by atoms with E-state index < -0.39 is 0 Å². The molecule has 3 amide bonds. The highest BCUT2D eigenvalue weighted by Crippen LogP contribution is 2.25. The quantitative estimate of drug-likeness (QED) is 0.782. The zero-order valence-electron chi connectivity index (χ0n) is 12.9. The van der Waals surface area contributed by atoms with Gasteiger partial charge in [-0.25, -0.2) is 0 Å². The number of nitrogens with zero attached hydrogens (tertiary/aromatic N) is 1. The molecule has 0 saturated carbocycles.